The lowest BCUT2D eigenvalue weighted by Gasteiger charge is -2.21. The number of carbonyl (C=O) groups is 2. The number of hydrogen-bond donors (Lipinski definition) is 3. The Morgan fingerprint density at radius 2 is 2.21 bits per heavy atom. The summed E-state index contributed by atoms with van der Waals surface area (Å²) in [6.07, 6.45) is 0.320. The zero-order chi connectivity index (χ0) is 14.0. The number of carbonyl (C=O) groups excluding carboxylic acids is 1. The zero-order valence-electron chi connectivity index (χ0n) is 10.9. The van der Waals surface area contributed by atoms with Gasteiger partial charge < -0.3 is 20.6 Å². The highest BCUT2D eigenvalue weighted by molar-refractivity contribution is 6.02. The highest BCUT2D eigenvalue weighted by Crippen LogP contribution is 2.31. The minimum atomic E-state index is -0.962. The van der Waals surface area contributed by atoms with Crippen LogP contribution in [0.25, 0.3) is 0 Å². The summed E-state index contributed by atoms with van der Waals surface area (Å²) < 4.78 is 0. The Morgan fingerprint density at radius 1 is 1.47 bits per heavy atom. The summed E-state index contributed by atoms with van der Waals surface area (Å²) in [6.45, 7) is 0.135. The maximum Gasteiger partial charge on any atom is 0.322 e. The van der Waals surface area contributed by atoms with Crippen LogP contribution in [-0.4, -0.2) is 43.7 Å². The lowest BCUT2D eigenvalue weighted by Crippen LogP contribution is -2.45. The van der Waals surface area contributed by atoms with Gasteiger partial charge in [-0.2, -0.15) is 0 Å². The minimum absolute atomic E-state index is 0.0650. The molecule has 0 fully saturated rings. The average molecular weight is 263 g/mol. The van der Waals surface area contributed by atoms with Gasteiger partial charge in [-0.25, -0.2) is 0 Å². The van der Waals surface area contributed by atoms with Crippen molar-refractivity contribution in [2.24, 2.45) is 0 Å². The third-order valence-electron chi connectivity index (χ3n) is 3.31. The topological polar surface area (TPSA) is 81.7 Å². The molecule has 0 saturated carbocycles. The van der Waals surface area contributed by atoms with Crippen LogP contribution in [0.3, 0.4) is 0 Å². The van der Waals surface area contributed by atoms with Crippen molar-refractivity contribution in [3.05, 3.63) is 23.8 Å². The van der Waals surface area contributed by atoms with E-state index in [1.165, 1.54) is 4.90 Å². The number of benzene rings is 1. The van der Waals surface area contributed by atoms with Crippen molar-refractivity contribution < 1.29 is 14.7 Å². The molecule has 2 rings (SSSR count). The number of carboxylic acids is 1. The molecule has 0 bridgehead atoms. The van der Waals surface area contributed by atoms with Crippen LogP contribution in [0.5, 0.6) is 0 Å². The predicted octanol–water partition coefficient (Wildman–Crippen LogP) is 0.290. The Balaban J connectivity index is 2.25. The Kier molecular flexibility index (Phi) is 3.71. The number of aliphatic carboxylic acids is 1. The van der Waals surface area contributed by atoms with E-state index in [0.29, 0.717) is 6.42 Å². The molecule has 6 heteroatoms. The monoisotopic (exact) mass is 263 g/mol. The van der Waals surface area contributed by atoms with Gasteiger partial charge in [0.2, 0.25) is 5.91 Å². The molecule has 1 aromatic carbocycles. The van der Waals surface area contributed by atoms with Gasteiger partial charge in [0.05, 0.1) is 13.0 Å². The number of nitrogens with zero attached hydrogens (tertiary/aromatic N) is 1. The average Bonchev–Trinajstić information content (AvgIpc) is 2.70. The fraction of sp³-hybridized carbons (Fsp3) is 0.385. The van der Waals surface area contributed by atoms with E-state index in [-0.39, 0.29) is 12.5 Å². The summed E-state index contributed by atoms with van der Waals surface area (Å²) in [6, 6.07) is 4.88. The second-order valence-electron chi connectivity index (χ2n) is 4.45. The van der Waals surface area contributed by atoms with E-state index in [0.717, 1.165) is 16.9 Å². The molecule has 1 aliphatic heterocycles. The first kappa shape index (κ1) is 13.4. The van der Waals surface area contributed by atoms with Crippen molar-refractivity contribution in [3.8, 4) is 0 Å². The van der Waals surface area contributed by atoms with Gasteiger partial charge in [-0.3, -0.25) is 9.59 Å². The minimum Gasteiger partial charge on any atom is -0.480 e. The lowest BCUT2D eigenvalue weighted by atomic mass is 10.1. The molecule has 1 amide bonds. The van der Waals surface area contributed by atoms with Gasteiger partial charge >= 0.3 is 5.97 Å². The number of likely N-dealkylation sites (N-methyl/N-ethyl adjacent to an activating group) is 1. The molecule has 6 nitrogen and oxygen atoms in total. The molecule has 1 heterocycles. The Hall–Kier alpha value is -2.08. The van der Waals surface area contributed by atoms with E-state index in [1.807, 2.05) is 25.2 Å². The molecule has 0 radical (unpaired) electrons. The van der Waals surface area contributed by atoms with Gasteiger partial charge in [0.1, 0.15) is 6.04 Å². The summed E-state index contributed by atoms with van der Waals surface area (Å²) in [7, 11) is 3.39. The van der Waals surface area contributed by atoms with E-state index in [9.17, 15) is 9.59 Å². The van der Waals surface area contributed by atoms with Crippen LogP contribution in [0.15, 0.2) is 18.2 Å². The second kappa shape index (κ2) is 5.27. The number of hydrogen-bond acceptors (Lipinski definition) is 4. The summed E-state index contributed by atoms with van der Waals surface area (Å²) >= 11 is 0. The first-order valence-electron chi connectivity index (χ1n) is 6.08. The van der Waals surface area contributed by atoms with Crippen molar-refractivity contribution in [2.45, 2.75) is 12.5 Å². The number of carboxylic acid groups (broad SMARTS) is 1. The smallest absolute Gasteiger partial charge is 0.322 e. The van der Waals surface area contributed by atoms with Gasteiger partial charge in [-0.15, -0.1) is 0 Å². The van der Waals surface area contributed by atoms with Gasteiger partial charge in [0, 0.05) is 18.4 Å². The highest BCUT2D eigenvalue weighted by Gasteiger charge is 2.30. The van der Waals surface area contributed by atoms with Crippen molar-refractivity contribution in [3.63, 3.8) is 0 Å². The Labute approximate surface area is 111 Å². The van der Waals surface area contributed by atoms with Gasteiger partial charge in [-0.05, 0) is 30.8 Å². The summed E-state index contributed by atoms with van der Waals surface area (Å²) in [4.78, 5) is 24.5. The molecular formula is C13H17N3O3. The van der Waals surface area contributed by atoms with Crippen LogP contribution in [0, 0.1) is 0 Å². The first-order chi connectivity index (χ1) is 9.06. The maximum absolute atomic E-state index is 12.0. The number of nitrogens with one attached hydrogen (secondary N) is 2. The molecule has 0 aromatic heterocycles. The van der Waals surface area contributed by atoms with E-state index in [1.54, 1.807) is 7.05 Å². The summed E-state index contributed by atoms with van der Waals surface area (Å²) in [5.74, 6) is -1.03. The number of amides is 1. The van der Waals surface area contributed by atoms with E-state index in [4.69, 9.17) is 5.11 Å². The molecule has 1 aromatic rings. The third kappa shape index (κ3) is 2.53. The molecule has 102 valence electrons. The van der Waals surface area contributed by atoms with Gasteiger partial charge in [0.25, 0.3) is 0 Å². The van der Waals surface area contributed by atoms with Crippen LogP contribution >= 0.6 is 0 Å². The van der Waals surface area contributed by atoms with Gasteiger partial charge in [-0.1, -0.05) is 0 Å². The molecule has 3 N–H and O–H groups in total. The molecule has 0 aliphatic carbocycles. The van der Waals surface area contributed by atoms with E-state index in [2.05, 4.69) is 10.6 Å². The fourth-order valence-electron chi connectivity index (χ4n) is 2.21. The van der Waals surface area contributed by atoms with Gasteiger partial charge in [0.15, 0.2) is 0 Å². The maximum atomic E-state index is 12.0. The van der Waals surface area contributed by atoms with Crippen LogP contribution in [-0.2, 0) is 16.0 Å². The standard InChI is InChI=1S/C13H17N3O3/c1-14-9-3-4-11-8(5-9)6-12(17)16(11)7-10(15-2)13(18)19/h3-5,10,14-15H,6-7H2,1-2H3,(H,18,19). The summed E-state index contributed by atoms with van der Waals surface area (Å²) in [5, 5.41) is 14.8. The quantitative estimate of drug-likeness (QED) is 0.711. The molecule has 19 heavy (non-hydrogen) atoms. The zero-order valence-corrected chi connectivity index (χ0v) is 10.9. The molecule has 0 spiro atoms. The SMILES string of the molecule is CNc1ccc2c(c1)CC(=O)N2CC(NC)C(=O)O. The second-order valence-corrected chi connectivity index (χ2v) is 4.45. The van der Waals surface area contributed by atoms with Crippen molar-refractivity contribution in [1.29, 1.82) is 0 Å². The Morgan fingerprint density at radius 3 is 2.79 bits per heavy atom. The van der Waals surface area contributed by atoms with E-state index >= 15 is 0 Å². The molecule has 0 saturated heterocycles. The molecule has 1 aliphatic rings. The van der Waals surface area contributed by atoms with Crippen molar-refractivity contribution in [1.82, 2.24) is 5.32 Å². The van der Waals surface area contributed by atoms with Crippen LogP contribution in [0.2, 0.25) is 0 Å². The summed E-state index contributed by atoms with van der Waals surface area (Å²) in [5.41, 5.74) is 2.67. The van der Waals surface area contributed by atoms with Crippen LogP contribution in [0.4, 0.5) is 11.4 Å². The highest BCUT2D eigenvalue weighted by atomic mass is 16.4. The number of rotatable bonds is 5. The van der Waals surface area contributed by atoms with E-state index < -0.39 is 12.0 Å². The largest absolute Gasteiger partial charge is 0.480 e. The fourth-order valence-corrected chi connectivity index (χ4v) is 2.21. The normalized spacial score (nSPS) is 15.3. The van der Waals surface area contributed by atoms with Crippen molar-refractivity contribution in [2.75, 3.05) is 30.9 Å². The van der Waals surface area contributed by atoms with Crippen LogP contribution in [0.1, 0.15) is 5.56 Å². The lowest BCUT2D eigenvalue weighted by molar-refractivity contribution is -0.139. The number of fused-ring (bicyclic) bond motifs is 1. The predicted molar refractivity (Wildman–Crippen MR) is 72.5 cm³/mol. The Bertz CT molecular complexity index is 516. The molecular weight excluding hydrogens is 246 g/mol. The molecule has 1 atom stereocenters. The third-order valence-corrected chi connectivity index (χ3v) is 3.31. The molecule has 1 unspecified atom stereocenters. The van der Waals surface area contributed by atoms with Crippen molar-refractivity contribution >= 4 is 23.3 Å². The van der Waals surface area contributed by atoms with Crippen LogP contribution < -0.4 is 15.5 Å². The number of anilines is 2. The first-order valence-corrected chi connectivity index (χ1v) is 6.08.